The van der Waals surface area contributed by atoms with Crippen molar-refractivity contribution in [1.29, 1.82) is 0 Å². The van der Waals surface area contributed by atoms with Gasteiger partial charge in [-0.05, 0) is 38.1 Å². The molecule has 0 amide bonds. The molecular formula is C17H28N2O2. The first-order chi connectivity index (χ1) is 10.1. The minimum absolute atomic E-state index is 0.0881. The van der Waals surface area contributed by atoms with E-state index in [4.69, 9.17) is 9.47 Å². The normalized spacial score (nSPS) is 20.2. The van der Waals surface area contributed by atoms with E-state index in [0.29, 0.717) is 6.04 Å². The zero-order chi connectivity index (χ0) is 15.3. The molecule has 4 nitrogen and oxygen atoms in total. The van der Waals surface area contributed by atoms with Crippen molar-refractivity contribution in [2.45, 2.75) is 32.4 Å². The number of nitrogens with zero attached hydrogens (tertiary/aromatic N) is 1. The Bertz CT molecular complexity index is 448. The van der Waals surface area contributed by atoms with Gasteiger partial charge in [0.1, 0.15) is 5.75 Å². The average Bonchev–Trinajstić information content (AvgIpc) is 2.48. The molecule has 0 aromatic heterocycles. The molecule has 1 aromatic rings. The van der Waals surface area contributed by atoms with Gasteiger partial charge in [0.2, 0.25) is 0 Å². The lowest BCUT2D eigenvalue weighted by atomic mass is 9.99. The van der Waals surface area contributed by atoms with Crippen LogP contribution in [0.25, 0.3) is 0 Å². The second kappa shape index (κ2) is 7.25. The molecule has 2 rings (SSSR count). The Labute approximate surface area is 128 Å². The molecule has 0 saturated carbocycles. The van der Waals surface area contributed by atoms with Gasteiger partial charge >= 0.3 is 0 Å². The van der Waals surface area contributed by atoms with Gasteiger partial charge in [-0.2, -0.15) is 0 Å². The zero-order valence-electron chi connectivity index (χ0n) is 13.7. The summed E-state index contributed by atoms with van der Waals surface area (Å²) in [5.74, 6) is 0.914. The molecule has 1 fully saturated rings. The Morgan fingerprint density at radius 3 is 2.90 bits per heavy atom. The van der Waals surface area contributed by atoms with Crippen LogP contribution in [0, 0.1) is 0 Å². The fourth-order valence-corrected chi connectivity index (χ4v) is 2.84. The third-order valence-electron chi connectivity index (χ3n) is 4.17. The molecule has 21 heavy (non-hydrogen) atoms. The Balaban J connectivity index is 2.14. The molecule has 0 aliphatic carbocycles. The SMILES string of the molecule is CCNC(CN1CCOCC1(C)C)c1cccc(OC)c1. The molecule has 4 heteroatoms. The van der Waals surface area contributed by atoms with Crippen molar-refractivity contribution < 1.29 is 9.47 Å². The fraction of sp³-hybridized carbons (Fsp3) is 0.647. The first-order valence-corrected chi connectivity index (χ1v) is 7.77. The highest BCUT2D eigenvalue weighted by molar-refractivity contribution is 5.30. The standard InChI is InChI=1S/C17H28N2O2/c1-5-18-16(14-7-6-8-15(11-14)20-4)12-19-9-10-21-13-17(19,2)3/h6-8,11,16,18H,5,9-10,12-13H2,1-4H3. The summed E-state index contributed by atoms with van der Waals surface area (Å²) in [5, 5.41) is 3.60. The molecule has 1 aromatic carbocycles. The summed E-state index contributed by atoms with van der Waals surface area (Å²) < 4.78 is 11.0. The first kappa shape index (κ1) is 16.3. The number of methoxy groups -OCH3 is 1. The summed E-state index contributed by atoms with van der Waals surface area (Å²) in [4.78, 5) is 2.52. The maximum atomic E-state index is 5.62. The molecule has 1 atom stereocenters. The van der Waals surface area contributed by atoms with Gasteiger partial charge in [-0.15, -0.1) is 0 Å². The molecule has 1 aliphatic heterocycles. The summed E-state index contributed by atoms with van der Waals surface area (Å²) in [6.45, 7) is 11.2. The molecule has 1 saturated heterocycles. The minimum Gasteiger partial charge on any atom is -0.497 e. The number of likely N-dealkylation sites (N-methyl/N-ethyl adjacent to an activating group) is 1. The van der Waals surface area contributed by atoms with Crippen LogP contribution in [0.2, 0.25) is 0 Å². The van der Waals surface area contributed by atoms with Gasteiger partial charge in [0, 0.05) is 24.7 Å². The summed E-state index contributed by atoms with van der Waals surface area (Å²) in [6, 6.07) is 8.65. The van der Waals surface area contributed by atoms with Crippen LogP contribution < -0.4 is 10.1 Å². The number of hydrogen-bond donors (Lipinski definition) is 1. The maximum Gasteiger partial charge on any atom is 0.119 e. The average molecular weight is 292 g/mol. The number of hydrogen-bond acceptors (Lipinski definition) is 4. The summed E-state index contributed by atoms with van der Waals surface area (Å²) in [6.07, 6.45) is 0. The van der Waals surface area contributed by atoms with E-state index in [1.807, 2.05) is 6.07 Å². The zero-order valence-corrected chi connectivity index (χ0v) is 13.7. The van der Waals surface area contributed by atoms with Gasteiger partial charge in [-0.25, -0.2) is 0 Å². The smallest absolute Gasteiger partial charge is 0.119 e. The minimum atomic E-state index is 0.0881. The van der Waals surface area contributed by atoms with Gasteiger partial charge in [0.25, 0.3) is 0 Å². The Hall–Kier alpha value is -1.10. The van der Waals surface area contributed by atoms with Crippen LogP contribution in [-0.4, -0.2) is 50.4 Å². The molecule has 0 spiro atoms. The van der Waals surface area contributed by atoms with Crippen LogP contribution in [0.5, 0.6) is 5.75 Å². The molecule has 118 valence electrons. The van der Waals surface area contributed by atoms with Crippen molar-refractivity contribution in [1.82, 2.24) is 10.2 Å². The van der Waals surface area contributed by atoms with E-state index < -0.39 is 0 Å². The van der Waals surface area contributed by atoms with Gasteiger partial charge in [0.05, 0.1) is 20.3 Å². The molecular weight excluding hydrogens is 264 g/mol. The fourth-order valence-electron chi connectivity index (χ4n) is 2.84. The topological polar surface area (TPSA) is 33.7 Å². The number of morpholine rings is 1. The van der Waals surface area contributed by atoms with Gasteiger partial charge in [-0.3, -0.25) is 4.90 Å². The van der Waals surface area contributed by atoms with Crippen LogP contribution >= 0.6 is 0 Å². The number of nitrogens with one attached hydrogen (secondary N) is 1. The third kappa shape index (κ3) is 4.19. The molecule has 1 N–H and O–H groups in total. The van der Waals surface area contributed by atoms with Crippen LogP contribution in [0.4, 0.5) is 0 Å². The number of rotatable bonds is 6. The first-order valence-electron chi connectivity index (χ1n) is 7.77. The largest absolute Gasteiger partial charge is 0.497 e. The van der Waals surface area contributed by atoms with Crippen molar-refractivity contribution in [3.8, 4) is 5.75 Å². The van der Waals surface area contributed by atoms with Crippen molar-refractivity contribution in [3.63, 3.8) is 0 Å². The quantitative estimate of drug-likeness (QED) is 0.873. The van der Waals surface area contributed by atoms with Crippen molar-refractivity contribution in [2.75, 3.05) is 40.0 Å². The third-order valence-corrected chi connectivity index (χ3v) is 4.17. The highest BCUT2D eigenvalue weighted by Gasteiger charge is 2.32. The summed E-state index contributed by atoms with van der Waals surface area (Å²) in [7, 11) is 1.71. The Morgan fingerprint density at radius 2 is 2.24 bits per heavy atom. The Morgan fingerprint density at radius 1 is 1.43 bits per heavy atom. The van der Waals surface area contributed by atoms with Gasteiger partial charge in [0.15, 0.2) is 0 Å². The monoisotopic (exact) mass is 292 g/mol. The Kier molecular flexibility index (Phi) is 5.62. The second-order valence-electron chi connectivity index (χ2n) is 6.20. The van der Waals surface area contributed by atoms with E-state index in [1.54, 1.807) is 7.11 Å². The summed E-state index contributed by atoms with van der Waals surface area (Å²) in [5.41, 5.74) is 1.36. The van der Waals surface area contributed by atoms with E-state index in [2.05, 4.69) is 49.2 Å². The van der Waals surface area contributed by atoms with Gasteiger partial charge < -0.3 is 14.8 Å². The summed E-state index contributed by atoms with van der Waals surface area (Å²) >= 11 is 0. The second-order valence-corrected chi connectivity index (χ2v) is 6.20. The molecule has 0 bridgehead atoms. The van der Waals surface area contributed by atoms with Crippen molar-refractivity contribution in [2.24, 2.45) is 0 Å². The van der Waals surface area contributed by atoms with E-state index in [-0.39, 0.29) is 5.54 Å². The maximum absolute atomic E-state index is 5.62. The lowest BCUT2D eigenvalue weighted by Crippen LogP contribution is -2.55. The van der Waals surface area contributed by atoms with E-state index in [0.717, 1.165) is 38.6 Å². The van der Waals surface area contributed by atoms with E-state index >= 15 is 0 Å². The number of ether oxygens (including phenoxy) is 2. The lowest BCUT2D eigenvalue weighted by molar-refractivity contribution is -0.0545. The van der Waals surface area contributed by atoms with Crippen LogP contribution in [0.3, 0.4) is 0 Å². The molecule has 1 unspecified atom stereocenters. The highest BCUT2D eigenvalue weighted by atomic mass is 16.5. The highest BCUT2D eigenvalue weighted by Crippen LogP contribution is 2.25. The van der Waals surface area contributed by atoms with Crippen LogP contribution in [-0.2, 0) is 4.74 Å². The lowest BCUT2D eigenvalue weighted by Gasteiger charge is -2.43. The van der Waals surface area contributed by atoms with E-state index in [1.165, 1.54) is 5.56 Å². The van der Waals surface area contributed by atoms with Crippen molar-refractivity contribution in [3.05, 3.63) is 29.8 Å². The number of benzene rings is 1. The van der Waals surface area contributed by atoms with Crippen LogP contribution in [0.1, 0.15) is 32.4 Å². The molecule has 0 radical (unpaired) electrons. The molecule has 1 aliphatic rings. The van der Waals surface area contributed by atoms with E-state index in [9.17, 15) is 0 Å². The molecule has 1 heterocycles. The van der Waals surface area contributed by atoms with Gasteiger partial charge in [-0.1, -0.05) is 19.1 Å². The van der Waals surface area contributed by atoms with Crippen molar-refractivity contribution >= 4 is 0 Å². The predicted molar refractivity (Wildman–Crippen MR) is 85.9 cm³/mol. The predicted octanol–water partition coefficient (Wildman–Crippen LogP) is 2.46. The van der Waals surface area contributed by atoms with Crippen LogP contribution in [0.15, 0.2) is 24.3 Å².